The van der Waals surface area contributed by atoms with Gasteiger partial charge in [-0.15, -0.1) is 0 Å². The van der Waals surface area contributed by atoms with Gasteiger partial charge in [0, 0.05) is 50.8 Å². The molecular formula is C24H32N4O3. The van der Waals surface area contributed by atoms with Crippen LogP contribution in [0.5, 0.6) is 0 Å². The zero-order chi connectivity index (χ0) is 22.3. The molecule has 1 aromatic heterocycles. The van der Waals surface area contributed by atoms with Crippen LogP contribution in [0.4, 0.5) is 10.5 Å². The molecule has 0 saturated carbocycles. The lowest BCUT2D eigenvalue weighted by atomic mass is 10.2. The number of aromatic nitrogens is 1. The van der Waals surface area contributed by atoms with Crippen LogP contribution in [0, 0.1) is 0 Å². The van der Waals surface area contributed by atoms with Gasteiger partial charge in [-0.3, -0.25) is 19.6 Å². The maximum atomic E-state index is 13.0. The van der Waals surface area contributed by atoms with Gasteiger partial charge in [-0.05, 0) is 57.0 Å². The Bertz CT molecular complexity index is 844. The number of nitrogens with zero attached hydrogens (tertiary/aromatic N) is 4. The van der Waals surface area contributed by atoms with E-state index in [0.29, 0.717) is 18.8 Å². The number of rotatable bonds is 6. The van der Waals surface area contributed by atoms with Gasteiger partial charge in [-0.25, -0.2) is 4.79 Å². The number of piperazine rings is 1. The summed E-state index contributed by atoms with van der Waals surface area (Å²) in [6, 6.07) is 13.3. The van der Waals surface area contributed by atoms with Gasteiger partial charge < -0.3 is 9.64 Å². The highest BCUT2D eigenvalue weighted by Gasteiger charge is 2.28. The number of carbonyl (C=O) groups excluding carboxylic acids is 2. The molecule has 3 rings (SSSR count). The summed E-state index contributed by atoms with van der Waals surface area (Å²) in [4.78, 5) is 35.4. The number of amides is 2. The van der Waals surface area contributed by atoms with Gasteiger partial charge in [-0.1, -0.05) is 18.2 Å². The lowest BCUT2D eigenvalue weighted by Crippen LogP contribution is -2.52. The van der Waals surface area contributed by atoms with E-state index in [-0.39, 0.29) is 12.5 Å². The first-order valence-electron chi connectivity index (χ1n) is 10.8. The van der Waals surface area contributed by atoms with Crippen LogP contribution in [0.2, 0.25) is 0 Å². The van der Waals surface area contributed by atoms with Crippen molar-refractivity contribution >= 4 is 17.7 Å². The van der Waals surface area contributed by atoms with Gasteiger partial charge in [0.15, 0.2) is 0 Å². The van der Waals surface area contributed by atoms with Crippen molar-refractivity contribution in [3.8, 4) is 0 Å². The molecule has 2 heterocycles. The summed E-state index contributed by atoms with van der Waals surface area (Å²) < 4.78 is 5.54. The molecule has 166 valence electrons. The van der Waals surface area contributed by atoms with Gasteiger partial charge in [0.25, 0.3) is 0 Å². The fraction of sp³-hybridized carbons (Fsp3) is 0.458. The van der Waals surface area contributed by atoms with Crippen molar-refractivity contribution in [1.82, 2.24) is 14.8 Å². The third kappa shape index (κ3) is 7.07. The van der Waals surface area contributed by atoms with Gasteiger partial charge >= 0.3 is 6.09 Å². The van der Waals surface area contributed by atoms with Crippen LogP contribution in [0.3, 0.4) is 0 Å². The first-order chi connectivity index (χ1) is 14.8. The molecule has 0 aliphatic carbocycles. The normalized spacial score (nSPS) is 14.9. The van der Waals surface area contributed by atoms with Crippen LogP contribution < -0.4 is 4.90 Å². The van der Waals surface area contributed by atoms with Crippen LogP contribution in [-0.2, 0) is 16.0 Å². The zero-order valence-electron chi connectivity index (χ0n) is 18.7. The largest absolute Gasteiger partial charge is 0.443 e. The van der Waals surface area contributed by atoms with E-state index in [1.807, 2.05) is 80.5 Å². The Hall–Kier alpha value is -2.93. The van der Waals surface area contributed by atoms with Gasteiger partial charge in [-0.2, -0.15) is 0 Å². The lowest BCUT2D eigenvalue weighted by Gasteiger charge is -2.36. The van der Waals surface area contributed by atoms with Crippen LogP contribution in [0.1, 0.15) is 26.3 Å². The number of benzene rings is 1. The number of carbonyl (C=O) groups is 2. The lowest BCUT2D eigenvalue weighted by molar-refractivity contribution is -0.131. The summed E-state index contributed by atoms with van der Waals surface area (Å²) in [5, 5.41) is 0. The second-order valence-corrected chi connectivity index (χ2v) is 8.73. The molecule has 1 aliphatic heterocycles. The Morgan fingerprint density at radius 3 is 2.26 bits per heavy atom. The van der Waals surface area contributed by atoms with Crippen LogP contribution in [0.15, 0.2) is 54.9 Å². The molecule has 1 fully saturated rings. The zero-order valence-corrected chi connectivity index (χ0v) is 18.7. The van der Waals surface area contributed by atoms with E-state index in [2.05, 4.69) is 9.88 Å². The fourth-order valence-corrected chi connectivity index (χ4v) is 3.48. The second kappa shape index (κ2) is 10.4. The van der Waals surface area contributed by atoms with Crippen LogP contribution in [0.25, 0.3) is 0 Å². The molecule has 0 bridgehead atoms. The minimum Gasteiger partial charge on any atom is -0.443 e. The molecule has 2 amide bonds. The van der Waals surface area contributed by atoms with Crippen molar-refractivity contribution in [2.45, 2.75) is 32.8 Å². The minimum atomic E-state index is -0.631. The molecule has 1 aliphatic rings. The van der Waals surface area contributed by atoms with Crippen molar-refractivity contribution in [3.63, 3.8) is 0 Å². The molecule has 0 N–H and O–H groups in total. The average Bonchev–Trinajstić information content (AvgIpc) is 2.76. The molecule has 31 heavy (non-hydrogen) atoms. The first-order valence-corrected chi connectivity index (χ1v) is 10.8. The molecule has 7 heteroatoms. The summed E-state index contributed by atoms with van der Waals surface area (Å²) >= 11 is 0. The molecule has 7 nitrogen and oxygen atoms in total. The Labute approximate surface area is 184 Å². The highest BCUT2D eigenvalue weighted by molar-refractivity contribution is 5.95. The molecule has 1 saturated heterocycles. The number of hydrogen-bond acceptors (Lipinski definition) is 5. The van der Waals surface area contributed by atoms with Crippen molar-refractivity contribution in [2.24, 2.45) is 0 Å². The quantitative estimate of drug-likeness (QED) is 0.712. The first kappa shape index (κ1) is 22.7. The summed E-state index contributed by atoms with van der Waals surface area (Å²) in [6.45, 7) is 9.36. The number of hydrogen-bond donors (Lipinski definition) is 0. The van der Waals surface area contributed by atoms with E-state index < -0.39 is 11.7 Å². The van der Waals surface area contributed by atoms with Gasteiger partial charge in [0.05, 0.1) is 0 Å². The van der Waals surface area contributed by atoms with Crippen LogP contribution in [-0.4, -0.2) is 71.7 Å². The Balaban J connectivity index is 1.55. The number of ether oxygens (including phenoxy) is 1. The monoisotopic (exact) mass is 424 g/mol. The topological polar surface area (TPSA) is 66.0 Å². The predicted molar refractivity (Wildman–Crippen MR) is 121 cm³/mol. The average molecular weight is 425 g/mol. The summed E-state index contributed by atoms with van der Waals surface area (Å²) in [6.07, 6.45) is 4.09. The van der Waals surface area contributed by atoms with E-state index in [9.17, 15) is 9.59 Å². The fourth-order valence-electron chi connectivity index (χ4n) is 3.48. The predicted octanol–water partition coefficient (Wildman–Crippen LogP) is 3.21. The highest BCUT2D eigenvalue weighted by Crippen LogP contribution is 2.18. The van der Waals surface area contributed by atoms with Crippen molar-refractivity contribution < 1.29 is 14.3 Å². The third-order valence-electron chi connectivity index (χ3n) is 5.17. The van der Waals surface area contributed by atoms with Crippen molar-refractivity contribution in [1.29, 1.82) is 0 Å². The molecule has 0 atom stereocenters. The smallest absolute Gasteiger partial charge is 0.415 e. The molecule has 1 aromatic carbocycles. The second-order valence-electron chi connectivity index (χ2n) is 8.73. The van der Waals surface area contributed by atoms with E-state index in [4.69, 9.17) is 4.74 Å². The Morgan fingerprint density at radius 1 is 1.00 bits per heavy atom. The minimum absolute atomic E-state index is 0.0318. The maximum Gasteiger partial charge on any atom is 0.415 e. The molecule has 0 radical (unpaired) electrons. The summed E-state index contributed by atoms with van der Waals surface area (Å²) in [7, 11) is 0. The number of anilines is 1. The molecule has 2 aromatic rings. The highest BCUT2D eigenvalue weighted by atomic mass is 16.6. The summed E-state index contributed by atoms with van der Waals surface area (Å²) in [5.74, 6) is -0.0662. The SMILES string of the molecule is CC(C)(C)OC(=O)N(CC(=O)N1CCN(CCc2ccncc2)CC1)c1ccccc1. The van der Waals surface area contributed by atoms with Crippen LogP contribution >= 0.6 is 0 Å². The summed E-state index contributed by atoms with van der Waals surface area (Å²) in [5.41, 5.74) is 1.29. The van der Waals surface area contributed by atoms with E-state index in [1.54, 1.807) is 0 Å². The van der Waals surface area contributed by atoms with Gasteiger partial charge in [0.2, 0.25) is 5.91 Å². The molecular weight excluding hydrogens is 392 g/mol. The maximum absolute atomic E-state index is 13.0. The van der Waals surface area contributed by atoms with E-state index >= 15 is 0 Å². The van der Waals surface area contributed by atoms with Crippen molar-refractivity contribution in [2.75, 3.05) is 44.2 Å². The van der Waals surface area contributed by atoms with E-state index in [0.717, 1.165) is 26.1 Å². The number of pyridine rings is 1. The Morgan fingerprint density at radius 2 is 1.65 bits per heavy atom. The molecule has 0 unspecified atom stereocenters. The number of para-hydroxylation sites is 1. The van der Waals surface area contributed by atoms with Gasteiger partial charge in [0.1, 0.15) is 12.1 Å². The van der Waals surface area contributed by atoms with Crippen molar-refractivity contribution in [3.05, 3.63) is 60.4 Å². The third-order valence-corrected chi connectivity index (χ3v) is 5.17. The Kier molecular flexibility index (Phi) is 7.63. The van der Waals surface area contributed by atoms with E-state index in [1.165, 1.54) is 10.5 Å². The molecule has 0 spiro atoms. The standard InChI is InChI=1S/C24H32N4O3/c1-24(2,3)31-23(30)28(21-7-5-4-6-8-21)19-22(29)27-17-15-26(16-18-27)14-11-20-9-12-25-13-10-20/h4-10,12-13H,11,14-19H2,1-3H3.